The van der Waals surface area contributed by atoms with Crippen LogP contribution in [0.25, 0.3) is 0 Å². The molecule has 1 amide bonds. The van der Waals surface area contributed by atoms with Crippen LogP contribution in [0.15, 0.2) is 18.3 Å². The minimum absolute atomic E-state index is 0.0104. The normalized spacial score (nSPS) is 27.9. The molecule has 5 heteroatoms. The van der Waals surface area contributed by atoms with Crippen LogP contribution in [-0.4, -0.2) is 30.0 Å². The van der Waals surface area contributed by atoms with Gasteiger partial charge < -0.3 is 10.2 Å². The first-order valence-corrected chi connectivity index (χ1v) is 7.61. The van der Waals surface area contributed by atoms with Crippen LogP contribution in [0.2, 0.25) is 5.15 Å². The lowest BCUT2D eigenvalue weighted by Crippen LogP contribution is -3.18. The summed E-state index contributed by atoms with van der Waals surface area (Å²) >= 11 is 5.97. The smallest absolute Gasteiger partial charge is 0.282 e. The lowest BCUT2D eigenvalue weighted by molar-refractivity contribution is -0.925. The minimum Gasteiger partial charge on any atom is -0.324 e. The number of hydrogen-bond acceptors (Lipinski definition) is 2. The van der Waals surface area contributed by atoms with Crippen molar-refractivity contribution in [3.05, 3.63) is 23.5 Å². The molecule has 3 atom stereocenters. The molecule has 1 saturated heterocycles. The van der Waals surface area contributed by atoms with Gasteiger partial charge in [-0.25, -0.2) is 4.98 Å². The van der Waals surface area contributed by atoms with Gasteiger partial charge in [0.2, 0.25) is 0 Å². The Bertz CT molecular complexity index is 470. The van der Waals surface area contributed by atoms with E-state index in [1.165, 1.54) is 11.3 Å². The van der Waals surface area contributed by atoms with Crippen LogP contribution in [0, 0.1) is 11.8 Å². The molecule has 0 aromatic carbocycles. The Morgan fingerprint density at radius 2 is 2.10 bits per heavy atom. The Balaban J connectivity index is 2.00. The molecule has 1 aliphatic heterocycles. The number of likely N-dealkylation sites (tertiary alicyclic amines) is 1. The van der Waals surface area contributed by atoms with E-state index in [9.17, 15) is 4.79 Å². The van der Waals surface area contributed by atoms with Gasteiger partial charge in [-0.1, -0.05) is 25.4 Å². The summed E-state index contributed by atoms with van der Waals surface area (Å²) in [6, 6.07) is 3.47. The third-order valence-electron chi connectivity index (χ3n) is 4.05. The molecule has 4 nitrogen and oxygen atoms in total. The number of anilines is 1. The lowest BCUT2D eigenvalue weighted by Gasteiger charge is -2.35. The molecule has 0 aliphatic carbocycles. The second-order valence-corrected chi connectivity index (χ2v) is 6.42. The first kappa shape index (κ1) is 15.3. The number of amides is 1. The Morgan fingerprint density at radius 3 is 2.70 bits per heavy atom. The topological polar surface area (TPSA) is 46.4 Å². The van der Waals surface area contributed by atoms with Gasteiger partial charge in [-0.2, -0.15) is 0 Å². The van der Waals surface area contributed by atoms with Gasteiger partial charge in [-0.3, -0.25) is 4.79 Å². The maximum absolute atomic E-state index is 12.4. The summed E-state index contributed by atoms with van der Waals surface area (Å²) in [6.07, 6.45) is 2.87. The summed E-state index contributed by atoms with van der Waals surface area (Å²) in [7, 11) is 0. The van der Waals surface area contributed by atoms with Crippen LogP contribution < -0.4 is 10.2 Å². The average Bonchev–Trinajstić information content (AvgIpc) is 2.39. The van der Waals surface area contributed by atoms with Crippen LogP contribution in [0.3, 0.4) is 0 Å². The quantitative estimate of drug-likeness (QED) is 0.833. The van der Waals surface area contributed by atoms with Crippen LogP contribution in [0.5, 0.6) is 0 Å². The Kier molecular flexibility index (Phi) is 5.00. The van der Waals surface area contributed by atoms with Gasteiger partial charge in [-0.05, 0) is 25.5 Å². The molecule has 0 bridgehead atoms. The fourth-order valence-corrected chi connectivity index (χ4v) is 3.26. The largest absolute Gasteiger partial charge is 0.324 e. The van der Waals surface area contributed by atoms with Crippen molar-refractivity contribution in [2.45, 2.75) is 33.2 Å². The number of rotatable bonds is 3. The van der Waals surface area contributed by atoms with Gasteiger partial charge >= 0.3 is 0 Å². The molecule has 110 valence electrons. The van der Waals surface area contributed by atoms with E-state index < -0.39 is 0 Å². The fourth-order valence-electron chi connectivity index (χ4n) is 3.09. The zero-order valence-electron chi connectivity index (χ0n) is 12.3. The van der Waals surface area contributed by atoms with Gasteiger partial charge in [-0.15, -0.1) is 0 Å². The van der Waals surface area contributed by atoms with Crippen LogP contribution in [0.4, 0.5) is 5.69 Å². The monoisotopic (exact) mass is 296 g/mol. The molecule has 1 aromatic rings. The molecule has 0 saturated carbocycles. The average molecular weight is 297 g/mol. The first-order valence-electron chi connectivity index (χ1n) is 7.23. The number of piperidine rings is 1. The highest BCUT2D eigenvalue weighted by molar-refractivity contribution is 6.32. The van der Waals surface area contributed by atoms with E-state index in [0.717, 1.165) is 13.1 Å². The zero-order chi connectivity index (χ0) is 14.7. The predicted octanol–water partition coefficient (Wildman–Crippen LogP) is 1.62. The molecule has 2 rings (SSSR count). The molecule has 0 unspecified atom stereocenters. The van der Waals surface area contributed by atoms with Gasteiger partial charge in [0.15, 0.2) is 11.2 Å². The summed E-state index contributed by atoms with van der Waals surface area (Å²) in [4.78, 5) is 17.7. The van der Waals surface area contributed by atoms with E-state index in [2.05, 4.69) is 24.1 Å². The zero-order valence-corrected chi connectivity index (χ0v) is 13.1. The maximum Gasteiger partial charge on any atom is 0.282 e. The minimum atomic E-state index is -0.0727. The summed E-state index contributed by atoms with van der Waals surface area (Å²) in [5.41, 5.74) is 0.587. The van der Waals surface area contributed by atoms with E-state index in [1.54, 1.807) is 18.3 Å². The van der Waals surface area contributed by atoms with Crippen molar-refractivity contribution in [3.8, 4) is 0 Å². The number of pyridine rings is 1. The Labute approximate surface area is 125 Å². The maximum atomic E-state index is 12.4. The highest BCUT2D eigenvalue weighted by Gasteiger charge is 2.32. The van der Waals surface area contributed by atoms with Crippen molar-refractivity contribution in [2.75, 3.05) is 18.4 Å². The summed E-state index contributed by atoms with van der Waals surface area (Å²) in [6.45, 7) is 8.62. The number of quaternary nitrogens is 1. The summed E-state index contributed by atoms with van der Waals surface area (Å²) in [5, 5.41) is 3.22. The van der Waals surface area contributed by atoms with Crippen molar-refractivity contribution < 1.29 is 9.69 Å². The second-order valence-electron chi connectivity index (χ2n) is 6.07. The molecular weight excluding hydrogens is 274 g/mol. The van der Waals surface area contributed by atoms with Gasteiger partial charge in [0, 0.05) is 18.0 Å². The van der Waals surface area contributed by atoms with Crippen molar-refractivity contribution >= 4 is 23.2 Å². The van der Waals surface area contributed by atoms with E-state index in [4.69, 9.17) is 11.6 Å². The number of hydrogen-bond donors (Lipinski definition) is 2. The van der Waals surface area contributed by atoms with E-state index in [-0.39, 0.29) is 11.9 Å². The fraction of sp³-hybridized carbons (Fsp3) is 0.600. The van der Waals surface area contributed by atoms with E-state index in [1.807, 2.05) is 6.92 Å². The molecule has 1 fully saturated rings. The lowest BCUT2D eigenvalue weighted by atomic mass is 9.91. The standard InChI is InChI=1S/C15H22ClN3O/c1-10-7-11(2)9-19(8-10)12(3)15(20)18-13-5-4-6-17-14(13)16/h4-6,10-12H,7-9H2,1-3H3,(H,18,20)/p+1/t10-,11-,12+/m1/s1. The molecule has 0 radical (unpaired) electrons. The summed E-state index contributed by atoms with van der Waals surface area (Å²) < 4.78 is 0. The molecule has 1 aliphatic rings. The van der Waals surface area contributed by atoms with Crippen LogP contribution in [-0.2, 0) is 4.79 Å². The molecular formula is C15H23ClN3O+. The second kappa shape index (κ2) is 6.55. The third kappa shape index (κ3) is 3.70. The van der Waals surface area contributed by atoms with Crippen LogP contribution >= 0.6 is 11.6 Å². The first-order chi connectivity index (χ1) is 9.47. The molecule has 1 aromatic heterocycles. The van der Waals surface area contributed by atoms with Crippen molar-refractivity contribution in [1.29, 1.82) is 0 Å². The van der Waals surface area contributed by atoms with Gasteiger partial charge in [0.05, 0.1) is 18.8 Å². The predicted molar refractivity (Wildman–Crippen MR) is 81.0 cm³/mol. The number of nitrogens with one attached hydrogen (secondary N) is 2. The summed E-state index contributed by atoms with van der Waals surface area (Å²) in [5.74, 6) is 1.35. The molecule has 0 spiro atoms. The van der Waals surface area contributed by atoms with Crippen molar-refractivity contribution in [1.82, 2.24) is 4.98 Å². The van der Waals surface area contributed by atoms with Crippen LogP contribution in [0.1, 0.15) is 27.2 Å². The number of halogens is 1. The number of carbonyl (C=O) groups is 1. The van der Waals surface area contributed by atoms with Crippen molar-refractivity contribution in [3.63, 3.8) is 0 Å². The van der Waals surface area contributed by atoms with Gasteiger partial charge in [0.25, 0.3) is 5.91 Å². The molecule has 20 heavy (non-hydrogen) atoms. The highest BCUT2D eigenvalue weighted by atomic mass is 35.5. The molecule has 2 N–H and O–H groups in total. The number of nitrogens with zero attached hydrogens (tertiary/aromatic N) is 1. The number of aromatic nitrogens is 1. The number of carbonyl (C=O) groups excluding carboxylic acids is 1. The van der Waals surface area contributed by atoms with E-state index in [0.29, 0.717) is 22.7 Å². The third-order valence-corrected chi connectivity index (χ3v) is 4.35. The van der Waals surface area contributed by atoms with Gasteiger partial charge in [0.1, 0.15) is 0 Å². The SMILES string of the molecule is C[C@@H]1C[C@@H](C)C[NH+]([C@@H](C)C(=O)Nc2cccnc2Cl)C1. The van der Waals surface area contributed by atoms with E-state index >= 15 is 0 Å². The van der Waals surface area contributed by atoms with Crippen molar-refractivity contribution in [2.24, 2.45) is 11.8 Å². The molecule has 2 heterocycles. The Hall–Kier alpha value is -1.13. The highest BCUT2D eigenvalue weighted by Crippen LogP contribution is 2.17. The Morgan fingerprint density at radius 1 is 1.45 bits per heavy atom.